The Labute approximate surface area is 162 Å². The third kappa shape index (κ3) is 4.37. The highest BCUT2D eigenvalue weighted by atomic mass is 32.2. The van der Waals surface area contributed by atoms with Crippen molar-refractivity contribution in [2.24, 2.45) is 5.92 Å². The topological polar surface area (TPSA) is 66.5 Å². The fourth-order valence-electron chi connectivity index (χ4n) is 5.04. The average Bonchev–Trinajstić information content (AvgIpc) is 3.32. The molecule has 148 valence electrons. The van der Waals surface area contributed by atoms with Crippen LogP contribution in [0.3, 0.4) is 0 Å². The Balaban J connectivity index is 1.41. The van der Waals surface area contributed by atoms with Gasteiger partial charge in [0.05, 0.1) is 6.26 Å². The molecule has 0 bridgehead atoms. The predicted molar refractivity (Wildman–Crippen MR) is 106 cm³/mol. The molecule has 0 radical (unpaired) electrons. The molecule has 4 rings (SSSR count). The van der Waals surface area contributed by atoms with Crippen molar-refractivity contribution in [2.45, 2.75) is 62.8 Å². The summed E-state index contributed by atoms with van der Waals surface area (Å²) < 4.78 is 25.5. The molecule has 5 nitrogen and oxygen atoms in total. The number of carbonyl (C=O) groups is 1. The molecule has 1 amide bonds. The Morgan fingerprint density at radius 2 is 1.78 bits per heavy atom. The van der Waals surface area contributed by atoms with Crippen LogP contribution >= 0.6 is 0 Å². The van der Waals surface area contributed by atoms with E-state index in [0.29, 0.717) is 31.3 Å². The number of nitrogens with one attached hydrogen (secondary N) is 1. The van der Waals surface area contributed by atoms with Crippen LogP contribution in [-0.2, 0) is 14.8 Å². The molecule has 2 saturated carbocycles. The van der Waals surface area contributed by atoms with Gasteiger partial charge in [-0.1, -0.05) is 43.5 Å². The first-order valence-corrected chi connectivity index (χ1v) is 12.2. The summed E-state index contributed by atoms with van der Waals surface area (Å²) in [5.41, 5.74) is 2.85. The molecule has 1 aliphatic heterocycles. The van der Waals surface area contributed by atoms with E-state index in [2.05, 4.69) is 29.0 Å². The van der Waals surface area contributed by atoms with Gasteiger partial charge in [0, 0.05) is 25.0 Å². The van der Waals surface area contributed by atoms with Gasteiger partial charge < -0.3 is 4.90 Å². The first kappa shape index (κ1) is 18.9. The van der Waals surface area contributed by atoms with Crippen molar-refractivity contribution in [2.75, 3.05) is 19.3 Å². The van der Waals surface area contributed by atoms with Crippen LogP contribution in [0.1, 0.15) is 67.9 Å². The van der Waals surface area contributed by atoms with Crippen molar-refractivity contribution in [3.05, 3.63) is 35.4 Å². The normalized spacial score (nSPS) is 29.1. The SMILES string of the molecule is CS(=O)(=O)NC1CCN(C(=O)C2CC2c2ccccc2C2CCCCC2)C1. The second kappa shape index (κ2) is 7.55. The maximum atomic E-state index is 12.9. The van der Waals surface area contributed by atoms with Gasteiger partial charge in [-0.15, -0.1) is 0 Å². The number of hydrogen-bond acceptors (Lipinski definition) is 3. The zero-order chi connectivity index (χ0) is 19.0. The van der Waals surface area contributed by atoms with E-state index in [4.69, 9.17) is 0 Å². The Morgan fingerprint density at radius 3 is 2.48 bits per heavy atom. The summed E-state index contributed by atoms with van der Waals surface area (Å²) in [6, 6.07) is 8.58. The van der Waals surface area contributed by atoms with E-state index in [0.717, 1.165) is 6.42 Å². The lowest BCUT2D eigenvalue weighted by atomic mass is 9.81. The van der Waals surface area contributed by atoms with Gasteiger partial charge in [0.25, 0.3) is 0 Å². The third-order valence-electron chi connectivity index (χ3n) is 6.43. The van der Waals surface area contributed by atoms with Gasteiger partial charge >= 0.3 is 0 Å². The zero-order valence-electron chi connectivity index (χ0n) is 16.1. The summed E-state index contributed by atoms with van der Waals surface area (Å²) >= 11 is 0. The van der Waals surface area contributed by atoms with Crippen molar-refractivity contribution in [1.82, 2.24) is 9.62 Å². The van der Waals surface area contributed by atoms with Crippen molar-refractivity contribution >= 4 is 15.9 Å². The lowest BCUT2D eigenvalue weighted by Gasteiger charge is -2.24. The highest BCUT2D eigenvalue weighted by molar-refractivity contribution is 7.88. The number of rotatable bonds is 5. The fourth-order valence-corrected chi connectivity index (χ4v) is 5.84. The largest absolute Gasteiger partial charge is 0.341 e. The van der Waals surface area contributed by atoms with Gasteiger partial charge in [0.2, 0.25) is 15.9 Å². The fraction of sp³-hybridized carbons (Fsp3) is 0.667. The Bertz CT molecular complexity index is 801. The van der Waals surface area contributed by atoms with Gasteiger partial charge in [0.15, 0.2) is 0 Å². The zero-order valence-corrected chi connectivity index (χ0v) is 16.9. The molecule has 0 spiro atoms. The van der Waals surface area contributed by atoms with E-state index in [1.54, 1.807) is 0 Å². The molecule has 0 aromatic heterocycles. The van der Waals surface area contributed by atoms with Crippen LogP contribution in [0.2, 0.25) is 0 Å². The molecule has 2 aliphatic carbocycles. The van der Waals surface area contributed by atoms with Crippen LogP contribution in [0.4, 0.5) is 0 Å². The molecule has 3 fully saturated rings. The standard InChI is InChI=1S/C21H30N2O3S/c1-27(25,26)22-16-11-12-23(14-16)21(24)20-13-19(20)18-10-6-5-9-17(18)15-7-3-2-4-8-15/h5-6,9-10,15-16,19-20,22H,2-4,7-8,11-14H2,1H3. The lowest BCUT2D eigenvalue weighted by Crippen LogP contribution is -2.38. The molecule has 1 aromatic carbocycles. The van der Waals surface area contributed by atoms with Crippen molar-refractivity contribution in [3.8, 4) is 0 Å². The van der Waals surface area contributed by atoms with E-state index in [1.165, 1.54) is 49.5 Å². The average molecular weight is 391 g/mol. The monoisotopic (exact) mass is 390 g/mol. The minimum Gasteiger partial charge on any atom is -0.341 e. The third-order valence-corrected chi connectivity index (χ3v) is 7.19. The van der Waals surface area contributed by atoms with Crippen molar-refractivity contribution in [1.29, 1.82) is 0 Å². The number of likely N-dealkylation sites (tertiary alicyclic amines) is 1. The summed E-state index contributed by atoms with van der Waals surface area (Å²) in [4.78, 5) is 14.8. The van der Waals surface area contributed by atoms with Crippen LogP contribution in [0.15, 0.2) is 24.3 Å². The van der Waals surface area contributed by atoms with E-state index >= 15 is 0 Å². The van der Waals surface area contributed by atoms with Gasteiger partial charge in [-0.05, 0) is 48.6 Å². The van der Waals surface area contributed by atoms with E-state index in [1.807, 2.05) is 4.90 Å². The number of sulfonamides is 1. The van der Waals surface area contributed by atoms with Crippen LogP contribution in [0, 0.1) is 5.92 Å². The first-order valence-electron chi connectivity index (χ1n) is 10.3. The molecule has 1 N–H and O–H groups in total. The molecule has 3 aliphatic rings. The molecule has 1 heterocycles. The molecule has 27 heavy (non-hydrogen) atoms. The molecular formula is C21H30N2O3S. The Kier molecular flexibility index (Phi) is 5.30. The molecule has 3 atom stereocenters. The van der Waals surface area contributed by atoms with Gasteiger partial charge in [-0.25, -0.2) is 13.1 Å². The quantitative estimate of drug-likeness (QED) is 0.840. The second-order valence-electron chi connectivity index (χ2n) is 8.57. The van der Waals surface area contributed by atoms with Crippen molar-refractivity contribution < 1.29 is 13.2 Å². The Hall–Kier alpha value is -1.40. The highest BCUT2D eigenvalue weighted by Gasteiger charge is 2.48. The first-order chi connectivity index (χ1) is 12.9. The smallest absolute Gasteiger partial charge is 0.226 e. The maximum Gasteiger partial charge on any atom is 0.226 e. The summed E-state index contributed by atoms with van der Waals surface area (Å²) in [5, 5.41) is 0. The van der Waals surface area contributed by atoms with Crippen LogP contribution in [0.5, 0.6) is 0 Å². The summed E-state index contributed by atoms with van der Waals surface area (Å²) in [5.74, 6) is 1.28. The molecule has 1 saturated heterocycles. The number of benzene rings is 1. The minimum atomic E-state index is -3.22. The van der Waals surface area contributed by atoms with E-state index in [-0.39, 0.29) is 17.9 Å². The van der Waals surface area contributed by atoms with Gasteiger partial charge in [-0.2, -0.15) is 0 Å². The minimum absolute atomic E-state index is 0.0757. The van der Waals surface area contributed by atoms with E-state index in [9.17, 15) is 13.2 Å². The lowest BCUT2D eigenvalue weighted by molar-refractivity contribution is -0.131. The van der Waals surface area contributed by atoms with Gasteiger partial charge in [-0.3, -0.25) is 4.79 Å². The number of nitrogens with zero attached hydrogens (tertiary/aromatic N) is 1. The summed E-state index contributed by atoms with van der Waals surface area (Å²) in [7, 11) is -3.22. The van der Waals surface area contributed by atoms with Crippen LogP contribution in [0.25, 0.3) is 0 Å². The molecule has 6 heteroatoms. The Morgan fingerprint density at radius 1 is 1.07 bits per heavy atom. The van der Waals surface area contributed by atoms with Crippen LogP contribution in [-0.4, -0.2) is 44.6 Å². The molecule has 3 unspecified atom stereocenters. The summed E-state index contributed by atoms with van der Waals surface area (Å²) in [6.45, 7) is 1.15. The van der Waals surface area contributed by atoms with Crippen LogP contribution < -0.4 is 4.72 Å². The predicted octanol–water partition coefficient (Wildman–Crippen LogP) is 2.99. The maximum absolute atomic E-state index is 12.9. The molecular weight excluding hydrogens is 360 g/mol. The summed E-state index contributed by atoms with van der Waals surface area (Å²) in [6.07, 6.45) is 9.33. The van der Waals surface area contributed by atoms with Crippen molar-refractivity contribution in [3.63, 3.8) is 0 Å². The number of hydrogen-bond donors (Lipinski definition) is 1. The number of amides is 1. The van der Waals surface area contributed by atoms with Gasteiger partial charge in [0.1, 0.15) is 0 Å². The number of carbonyl (C=O) groups excluding carboxylic acids is 1. The highest BCUT2D eigenvalue weighted by Crippen LogP contribution is 2.51. The second-order valence-corrected chi connectivity index (χ2v) is 10.4. The molecule has 1 aromatic rings. The van der Waals surface area contributed by atoms with E-state index < -0.39 is 10.0 Å².